The van der Waals surface area contributed by atoms with Gasteiger partial charge in [0.15, 0.2) is 0 Å². The molecular formula is C22H26BrNS. The van der Waals surface area contributed by atoms with Crippen LogP contribution >= 0.6 is 27.3 Å². The Morgan fingerprint density at radius 1 is 1.08 bits per heavy atom. The summed E-state index contributed by atoms with van der Waals surface area (Å²) in [6, 6.07) is 9.10. The van der Waals surface area contributed by atoms with Crippen LogP contribution in [-0.2, 0) is 5.41 Å². The molecule has 2 aromatic heterocycles. The highest BCUT2D eigenvalue weighted by Gasteiger charge is 2.28. The molecule has 0 aliphatic rings. The van der Waals surface area contributed by atoms with Gasteiger partial charge in [-0.05, 0) is 61.8 Å². The Kier molecular flexibility index (Phi) is 5.09. The number of fused-ring (bicyclic) bond motifs is 1. The summed E-state index contributed by atoms with van der Waals surface area (Å²) in [5.41, 5.74) is 5.31. The topological polar surface area (TPSA) is 12.9 Å². The molecular weight excluding hydrogens is 390 g/mol. The number of pyridine rings is 1. The van der Waals surface area contributed by atoms with Gasteiger partial charge in [0.25, 0.3) is 0 Å². The lowest BCUT2D eigenvalue weighted by Crippen LogP contribution is -2.26. The summed E-state index contributed by atoms with van der Waals surface area (Å²) in [5.74, 6) is 1.08. The SMILES string of the molecule is CC(C)c1ccc(-c2ncc(Br)c3sccc23)cc1C(C)(C)C(C)C. The largest absolute Gasteiger partial charge is 0.254 e. The standard InChI is InChI=1S/C22H26BrNS/c1-13(2)16-8-7-15(11-18(16)22(5,6)14(3)4)20-17-9-10-25-21(17)19(23)12-24-20/h7-14H,1-6H3. The Labute approximate surface area is 163 Å². The smallest absolute Gasteiger partial charge is 0.0789 e. The fourth-order valence-electron chi connectivity index (χ4n) is 3.24. The van der Waals surface area contributed by atoms with Gasteiger partial charge >= 0.3 is 0 Å². The predicted octanol–water partition coefficient (Wildman–Crippen LogP) is 7.78. The lowest BCUT2D eigenvalue weighted by molar-refractivity contribution is 0.368. The van der Waals surface area contributed by atoms with Gasteiger partial charge in [0.1, 0.15) is 0 Å². The predicted molar refractivity (Wildman–Crippen MR) is 115 cm³/mol. The number of benzene rings is 1. The normalized spacial score (nSPS) is 12.5. The van der Waals surface area contributed by atoms with Crippen molar-refractivity contribution in [3.8, 4) is 11.3 Å². The zero-order valence-electron chi connectivity index (χ0n) is 15.9. The second kappa shape index (κ2) is 6.85. The number of aromatic nitrogens is 1. The van der Waals surface area contributed by atoms with Crippen LogP contribution in [0.4, 0.5) is 0 Å². The van der Waals surface area contributed by atoms with Gasteiger partial charge in [-0.25, -0.2) is 0 Å². The average molecular weight is 416 g/mol. The number of halogens is 1. The molecule has 0 unspecified atom stereocenters. The van der Waals surface area contributed by atoms with Crippen LogP contribution in [0.15, 0.2) is 40.3 Å². The Balaban J connectivity index is 2.25. The number of thiophene rings is 1. The highest BCUT2D eigenvalue weighted by molar-refractivity contribution is 9.10. The van der Waals surface area contributed by atoms with E-state index in [9.17, 15) is 0 Å². The molecule has 3 heteroatoms. The van der Waals surface area contributed by atoms with Crippen molar-refractivity contribution in [3.63, 3.8) is 0 Å². The summed E-state index contributed by atoms with van der Waals surface area (Å²) in [6.45, 7) is 13.9. The molecule has 132 valence electrons. The molecule has 25 heavy (non-hydrogen) atoms. The summed E-state index contributed by atoms with van der Waals surface area (Å²) in [5, 5.41) is 3.37. The van der Waals surface area contributed by atoms with Crippen LogP contribution < -0.4 is 0 Å². The lowest BCUT2D eigenvalue weighted by Gasteiger charge is -2.33. The fraction of sp³-hybridized carbons (Fsp3) is 0.409. The monoisotopic (exact) mass is 415 g/mol. The maximum absolute atomic E-state index is 4.75. The van der Waals surface area contributed by atoms with E-state index in [1.807, 2.05) is 6.20 Å². The van der Waals surface area contributed by atoms with Crippen molar-refractivity contribution in [2.75, 3.05) is 0 Å². The van der Waals surface area contributed by atoms with E-state index in [1.54, 1.807) is 11.3 Å². The van der Waals surface area contributed by atoms with Crippen molar-refractivity contribution in [2.24, 2.45) is 5.92 Å². The molecule has 3 aromatic rings. The molecule has 0 atom stereocenters. The molecule has 3 rings (SSSR count). The zero-order chi connectivity index (χ0) is 18.4. The quantitative estimate of drug-likeness (QED) is 0.423. The van der Waals surface area contributed by atoms with Gasteiger partial charge in [-0.1, -0.05) is 53.7 Å². The molecule has 0 fully saturated rings. The van der Waals surface area contributed by atoms with E-state index in [2.05, 4.69) is 87.1 Å². The Bertz CT molecular complexity index is 906. The van der Waals surface area contributed by atoms with E-state index in [0.29, 0.717) is 11.8 Å². The van der Waals surface area contributed by atoms with Crippen molar-refractivity contribution < 1.29 is 0 Å². The Hall–Kier alpha value is -1.19. The van der Waals surface area contributed by atoms with E-state index >= 15 is 0 Å². The molecule has 0 saturated carbocycles. The van der Waals surface area contributed by atoms with E-state index in [0.717, 1.165) is 10.2 Å². The lowest BCUT2D eigenvalue weighted by atomic mass is 9.71. The molecule has 0 spiro atoms. The number of nitrogens with zero attached hydrogens (tertiary/aromatic N) is 1. The van der Waals surface area contributed by atoms with E-state index in [-0.39, 0.29) is 5.41 Å². The summed E-state index contributed by atoms with van der Waals surface area (Å²) in [4.78, 5) is 4.75. The van der Waals surface area contributed by atoms with Crippen LogP contribution in [0.1, 0.15) is 58.6 Å². The van der Waals surface area contributed by atoms with Crippen LogP contribution in [0, 0.1) is 5.92 Å². The van der Waals surface area contributed by atoms with Gasteiger partial charge in [-0.15, -0.1) is 11.3 Å². The Morgan fingerprint density at radius 2 is 1.80 bits per heavy atom. The average Bonchev–Trinajstić information content (AvgIpc) is 3.05. The number of rotatable bonds is 4. The van der Waals surface area contributed by atoms with Crippen molar-refractivity contribution in [1.82, 2.24) is 4.98 Å². The second-order valence-electron chi connectivity index (χ2n) is 7.95. The van der Waals surface area contributed by atoms with Crippen LogP contribution in [0.3, 0.4) is 0 Å². The first kappa shape index (κ1) is 18.6. The first-order valence-electron chi connectivity index (χ1n) is 8.90. The first-order valence-corrected chi connectivity index (χ1v) is 10.6. The highest BCUT2D eigenvalue weighted by Crippen LogP contribution is 2.40. The maximum Gasteiger partial charge on any atom is 0.0789 e. The third-order valence-corrected chi connectivity index (χ3v) is 7.34. The maximum atomic E-state index is 4.75. The molecule has 0 amide bonds. The number of hydrogen-bond donors (Lipinski definition) is 0. The van der Waals surface area contributed by atoms with Gasteiger partial charge in [0.2, 0.25) is 0 Å². The van der Waals surface area contributed by atoms with Crippen molar-refractivity contribution in [2.45, 2.75) is 52.9 Å². The van der Waals surface area contributed by atoms with Crippen LogP contribution in [-0.4, -0.2) is 4.98 Å². The highest BCUT2D eigenvalue weighted by atomic mass is 79.9. The summed E-state index contributed by atoms with van der Waals surface area (Å²) in [7, 11) is 0. The van der Waals surface area contributed by atoms with E-state index in [1.165, 1.54) is 26.8 Å². The molecule has 1 aromatic carbocycles. The van der Waals surface area contributed by atoms with Crippen molar-refractivity contribution >= 4 is 37.4 Å². The van der Waals surface area contributed by atoms with Gasteiger partial charge in [-0.3, -0.25) is 4.98 Å². The molecule has 0 radical (unpaired) electrons. The molecule has 2 heterocycles. The number of hydrogen-bond acceptors (Lipinski definition) is 2. The molecule has 0 bridgehead atoms. The van der Waals surface area contributed by atoms with Gasteiger partial charge < -0.3 is 0 Å². The first-order chi connectivity index (χ1) is 11.7. The molecule has 0 N–H and O–H groups in total. The third kappa shape index (κ3) is 3.29. The van der Waals surface area contributed by atoms with Gasteiger partial charge in [0, 0.05) is 17.1 Å². The van der Waals surface area contributed by atoms with E-state index < -0.39 is 0 Å². The minimum absolute atomic E-state index is 0.124. The second-order valence-corrected chi connectivity index (χ2v) is 9.72. The summed E-state index contributed by atoms with van der Waals surface area (Å²) in [6.07, 6.45) is 1.93. The Morgan fingerprint density at radius 3 is 2.44 bits per heavy atom. The zero-order valence-corrected chi connectivity index (χ0v) is 18.3. The van der Waals surface area contributed by atoms with Gasteiger partial charge in [0.05, 0.1) is 14.9 Å². The summed E-state index contributed by atoms with van der Waals surface area (Å²) < 4.78 is 2.34. The van der Waals surface area contributed by atoms with Crippen LogP contribution in [0.25, 0.3) is 21.3 Å². The van der Waals surface area contributed by atoms with Gasteiger partial charge in [-0.2, -0.15) is 0 Å². The third-order valence-electron chi connectivity index (χ3n) is 5.53. The van der Waals surface area contributed by atoms with Crippen LogP contribution in [0.5, 0.6) is 0 Å². The molecule has 1 nitrogen and oxygen atoms in total. The minimum Gasteiger partial charge on any atom is -0.254 e. The molecule has 0 saturated heterocycles. The van der Waals surface area contributed by atoms with Crippen LogP contribution in [0.2, 0.25) is 0 Å². The summed E-state index contributed by atoms with van der Waals surface area (Å²) >= 11 is 5.39. The van der Waals surface area contributed by atoms with E-state index in [4.69, 9.17) is 4.98 Å². The molecule has 0 aliphatic carbocycles. The minimum atomic E-state index is 0.124. The molecule has 0 aliphatic heterocycles. The van der Waals surface area contributed by atoms with Crippen molar-refractivity contribution in [1.29, 1.82) is 0 Å². The van der Waals surface area contributed by atoms with Crippen molar-refractivity contribution in [3.05, 3.63) is 51.4 Å². The fourth-order valence-corrected chi connectivity index (χ4v) is 4.63.